The molecule has 0 aromatic carbocycles. The molecule has 5 rings (SSSR count). The fourth-order valence-corrected chi connectivity index (χ4v) is 8.91. The molecule has 5 heteroatoms. The summed E-state index contributed by atoms with van der Waals surface area (Å²) in [5.41, 5.74) is 5.97. The molecule has 2 heterocycles. The van der Waals surface area contributed by atoms with Crippen molar-refractivity contribution in [2.45, 2.75) is 88.1 Å². The molecule has 4 N–H and O–H groups in total. The van der Waals surface area contributed by atoms with Gasteiger partial charge >= 0.3 is 0 Å². The van der Waals surface area contributed by atoms with Gasteiger partial charge in [-0.3, -0.25) is 10.3 Å². The van der Waals surface area contributed by atoms with Gasteiger partial charge in [0.1, 0.15) is 0 Å². The maximum Gasteiger partial charge on any atom is 0.0937 e. The Labute approximate surface area is 175 Å². The Morgan fingerprint density at radius 1 is 0.964 bits per heavy atom. The maximum absolute atomic E-state index is 8.04. The quantitative estimate of drug-likeness (QED) is 0.488. The molecule has 3 saturated carbocycles. The average Bonchev–Trinajstić information content (AvgIpc) is 3.36. The van der Waals surface area contributed by atoms with Crippen LogP contribution >= 0.6 is 11.8 Å². The number of hydrogen-bond donors (Lipinski definition) is 3. The number of hydrogen-bond acceptors (Lipinski definition) is 4. The summed E-state index contributed by atoms with van der Waals surface area (Å²) >= 11 is 2.16. The third-order valence-corrected chi connectivity index (χ3v) is 10.3. The molecule has 3 aliphatic carbocycles. The van der Waals surface area contributed by atoms with Crippen LogP contribution in [0.25, 0.3) is 0 Å². The van der Waals surface area contributed by atoms with Gasteiger partial charge in [-0.25, -0.2) is 0 Å². The van der Waals surface area contributed by atoms with Crippen LogP contribution in [0, 0.1) is 35.0 Å². The third kappa shape index (κ3) is 3.76. The summed E-state index contributed by atoms with van der Waals surface area (Å²) in [7, 11) is 0. The molecule has 4 nitrogen and oxygen atoms in total. The molecular weight excluding hydrogens is 364 g/mol. The van der Waals surface area contributed by atoms with Crippen LogP contribution in [0.4, 0.5) is 0 Å². The lowest BCUT2D eigenvalue weighted by molar-refractivity contribution is 0.0435. The Morgan fingerprint density at radius 3 is 2.64 bits per heavy atom. The average molecular weight is 405 g/mol. The highest BCUT2D eigenvalue weighted by Gasteiger charge is 2.49. The highest BCUT2D eigenvalue weighted by Crippen LogP contribution is 2.48. The number of amidine groups is 1. The zero-order chi connectivity index (χ0) is 19.1. The Morgan fingerprint density at radius 2 is 1.82 bits per heavy atom. The van der Waals surface area contributed by atoms with E-state index in [2.05, 4.69) is 22.0 Å². The van der Waals surface area contributed by atoms with Gasteiger partial charge in [-0.05, 0) is 62.2 Å². The third-order valence-electron chi connectivity index (χ3n) is 9.06. The lowest BCUT2D eigenvalue weighted by Gasteiger charge is -2.46. The molecule has 8 atom stereocenters. The van der Waals surface area contributed by atoms with Crippen molar-refractivity contribution >= 4 is 17.6 Å². The summed E-state index contributed by atoms with van der Waals surface area (Å²) in [6, 6.07) is 1.39. The Hall–Kier alpha value is -0.260. The van der Waals surface area contributed by atoms with Gasteiger partial charge in [-0.1, -0.05) is 32.1 Å². The monoisotopic (exact) mass is 404 g/mol. The summed E-state index contributed by atoms with van der Waals surface area (Å²) < 4.78 is 0. The molecular formula is C23H40N4S. The van der Waals surface area contributed by atoms with Crippen molar-refractivity contribution in [2.75, 3.05) is 18.8 Å². The number of rotatable bonds is 4. The van der Waals surface area contributed by atoms with Gasteiger partial charge in [0, 0.05) is 36.8 Å². The van der Waals surface area contributed by atoms with Gasteiger partial charge in [0.05, 0.1) is 11.2 Å². The predicted molar refractivity (Wildman–Crippen MR) is 119 cm³/mol. The Kier molecular flexibility index (Phi) is 5.95. The first-order valence-electron chi connectivity index (χ1n) is 12.2. The van der Waals surface area contributed by atoms with Crippen molar-refractivity contribution < 1.29 is 0 Å². The van der Waals surface area contributed by atoms with Gasteiger partial charge in [-0.2, -0.15) is 0 Å². The fraction of sp³-hybridized carbons (Fsp3) is 0.957. The molecule has 0 aromatic heterocycles. The first kappa shape index (κ1) is 19.7. The van der Waals surface area contributed by atoms with Crippen LogP contribution in [-0.4, -0.2) is 47.0 Å². The van der Waals surface area contributed by atoms with Gasteiger partial charge < -0.3 is 11.1 Å². The second kappa shape index (κ2) is 8.47. The topological polar surface area (TPSA) is 65.1 Å². The van der Waals surface area contributed by atoms with Gasteiger partial charge in [0.15, 0.2) is 0 Å². The Bertz CT molecular complexity index is 561. The second-order valence-electron chi connectivity index (χ2n) is 10.4. The SMILES string of the molecule is N=C(N)C1CCC2CC(C3NCCS3)N(CC3CCCC4CCCCC43)C2C1. The zero-order valence-corrected chi connectivity index (χ0v) is 18.3. The van der Waals surface area contributed by atoms with E-state index in [-0.39, 0.29) is 0 Å². The van der Waals surface area contributed by atoms with Crippen LogP contribution in [0.1, 0.15) is 70.6 Å². The van der Waals surface area contributed by atoms with Crippen LogP contribution in [0.15, 0.2) is 0 Å². The highest BCUT2D eigenvalue weighted by molar-refractivity contribution is 8.00. The van der Waals surface area contributed by atoms with Crippen LogP contribution in [0.3, 0.4) is 0 Å². The largest absolute Gasteiger partial charge is 0.387 e. The number of fused-ring (bicyclic) bond motifs is 2. The fourth-order valence-electron chi connectivity index (χ4n) is 7.70. The van der Waals surface area contributed by atoms with Gasteiger partial charge in [0.25, 0.3) is 0 Å². The van der Waals surface area contributed by atoms with Crippen molar-refractivity contribution in [2.24, 2.45) is 35.3 Å². The number of thioether (sulfide) groups is 1. The number of nitrogens with zero attached hydrogens (tertiary/aromatic N) is 1. The number of nitrogens with one attached hydrogen (secondary N) is 2. The molecule has 2 saturated heterocycles. The van der Waals surface area contributed by atoms with Gasteiger partial charge in [-0.15, -0.1) is 11.8 Å². The normalized spacial score (nSPS) is 46.9. The van der Waals surface area contributed by atoms with Gasteiger partial charge in [0.2, 0.25) is 0 Å². The molecule has 5 fully saturated rings. The molecule has 2 aliphatic heterocycles. The van der Waals surface area contributed by atoms with Crippen molar-refractivity contribution in [3.63, 3.8) is 0 Å². The minimum Gasteiger partial charge on any atom is -0.387 e. The van der Waals surface area contributed by atoms with Crippen molar-refractivity contribution in [1.29, 1.82) is 5.41 Å². The van der Waals surface area contributed by atoms with E-state index in [1.807, 2.05) is 0 Å². The van der Waals surface area contributed by atoms with E-state index in [4.69, 9.17) is 11.1 Å². The first-order valence-corrected chi connectivity index (χ1v) is 13.2. The van der Waals surface area contributed by atoms with Crippen LogP contribution < -0.4 is 11.1 Å². The smallest absolute Gasteiger partial charge is 0.0937 e. The van der Waals surface area contributed by atoms with E-state index in [0.717, 1.165) is 36.5 Å². The molecule has 0 amide bonds. The van der Waals surface area contributed by atoms with E-state index < -0.39 is 0 Å². The van der Waals surface area contributed by atoms with E-state index in [1.165, 1.54) is 76.6 Å². The van der Waals surface area contributed by atoms with Crippen molar-refractivity contribution in [3.8, 4) is 0 Å². The van der Waals surface area contributed by atoms with E-state index in [9.17, 15) is 0 Å². The van der Waals surface area contributed by atoms with Crippen molar-refractivity contribution in [3.05, 3.63) is 0 Å². The van der Waals surface area contributed by atoms with Crippen LogP contribution in [0.2, 0.25) is 0 Å². The molecule has 8 unspecified atom stereocenters. The molecule has 5 aliphatic rings. The summed E-state index contributed by atoms with van der Waals surface area (Å²) in [4.78, 5) is 2.97. The Balaban J connectivity index is 1.35. The standard InChI is InChI=1S/C23H40N4S/c24-22(25)17-9-8-16-12-21(23-26-10-11-28-23)27(20(16)13-17)14-18-6-3-5-15-4-1-2-7-19(15)18/h15-21,23,26H,1-14H2,(H3,24,25). The minimum absolute atomic E-state index is 0.334. The lowest BCUT2D eigenvalue weighted by Crippen LogP contribution is -2.51. The molecule has 0 spiro atoms. The van der Waals surface area contributed by atoms with E-state index in [1.54, 1.807) is 0 Å². The lowest BCUT2D eigenvalue weighted by atomic mass is 9.65. The molecule has 0 aromatic rings. The second-order valence-corrected chi connectivity index (χ2v) is 11.7. The first-order chi connectivity index (χ1) is 13.7. The molecule has 158 valence electrons. The molecule has 0 bridgehead atoms. The summed E-state index contributed by atoms with van der Waals surface area (Å²) in [6.07, 6.45) is 15.3. The maximum atomic E-state index is 8.04. The van der Waals surface area contributed by atoms with E-state index >= 15 is 0 Å². The van der Waals surface area contributed by atoms with Crippen LogP contribution in [0.5, 0.6) is 0 Å². The minimum atomic E-state index is 0.334. The van der Waals surface area contributed by atoms with E-state index in [0.29, 0.717) is 29.2 Å². The predicted octanol–water partition coefficient (Wildman–Crippen LogP) is 4.05. The number of likely N-dealkylation sites (tertiary alicyclic amines) is 1. The summed E-state index contributed by atoms with van der Waals surface area (Å²) in [6.45, 7) is 2.51. The van der Waals surface area contributed by atoms with Crippen LogP contribution in [-0.2, 0) is 0 Å². The molecule has 28 heavy (non-hydrogen) atoms. The summed E-state index contributed by atoms with van der Waals surface area (Å²) in [5.74, 6) is 5.84. The molecule has 0 radical (unpaired) electrons. The summed E-state index contributed by atoms with van der Waals surface area (Å²) in [5, 5.41) is 12.5. The number of nitrogens with two attached hydrogens (primary N) is 1. The zero-order valence-electron chi connectivity index (χ0n) is 17.5. The van der Waals surface area contributed by atoms with Crippen molar-refractivity contribution in [1.82, 2.24) is 10.2 Å². The highest BCUT2D eigenvalue weighted by atomic mass is 32.2.